The molecule has 0 saturated carbocycles. The van der Waals surface area contributed by atoms with E-state index in [0.29, 0.717) is 4.90 Å². The van der Waals surface area contributed by atoms with Gasteiger partial charge in [0.05, 0.1) is 4.90 Å². The summed E-state index contributed by atoms with van der Waals surface area (Å²) in [5.74, 6) is -0.259. The Morgan fingerprint density at radius 2 is 2.11 bits per heavy atom. The van der Waals surface area contributed by atoms with E-state index < -0.39 is 0 Å². The van der Waals surface area contributed by atoms with Gasteiger partial charge in [0.25, 0.3) is 0 Å². The van der Waals surface area contributed by atoms with Gasteiger partial charge in [0.1, 0.15) is 5.82 Å². The van der Waals surface area contributed by atoms with Crippen molar-refractivity contribution in [1.82, 2.24) is 0 Å². The second-order valence-corrected chi connectivity index (χ2v) is 3.18. The zero-order valence-corrected chi connectivity index (χ0v) is 7.49. The molecule has 0 N–H and O–H groups in total. The summed E-state index contributed by atoms with van der Waals surface area (Å²) in [6.45, 7) is 0. The van der Waals surface area contributed by atoms with E-state index >= 15 is 0 Å². The van der Waals surface area contributed by atoms with E-state index in [9.17, 15) is 4.39 Å². The average Bonchev–Trinajstić information content (AvgIpc) is 1.83. The molecule has 0 spiro atoms. The molecule has 0 aromatic heterocycles. The highest BCUT2D eigenvalue weighted by molar-refractivity contribution is 14.1. The van der Waals surface area contributed by atoms with Crippen LogP contribution in [0.3, 0.4) is 0 Å². The lowest BCUT2D eigenvalue weighted by Crippen LogP contribution is -1.79. The van der Waals surface area contributed by atoms with Crippen molar-refractivity contribution >= 4 is 35.2 Å². The number of hydrogen-bond acceptors (Lipinski definition) is 1. The molecule has 0 aliphatic rings. The van der Waals surface area contributed by atoms with Crippen molar-refractivity contribution in [2.75, 3.05) is 0 Å². The Labute approximate surface area is 72.0 Å². The van der Waals surface area contributed by atoms with E-state index in [0.717, 1.165) is 3.57 Å². The summed E-state index contributed by atoms with van der Waals surface area (Å²) in [6.07, 6.45) is 0. The Morgan fingerprint density at radius 3 is 2.56 bits per heavy atom. The molecule has 0 unspecified atom stereocenters. The lowest BCUT2D eigenvalue weighted by Gasteiger charge is -1.94. The minimum Gasteiger partial charge on any atom is -0.206 e. The van der Waals surface area contributed by atoms with Gasteiger partial charge < -0.3 is 0 Å². The maximum absolute atomic E-state index is 12.5. The van der Waals surface area contributed by atoms with Crippen LogP contribution in [0.15, 0.2) is 23.1 Å². The zero-order chi connectivity index (χ0) is 6.85. The van der Waals surface area contributed by atoms with Crippen LogP contribution in [0.2, 0.25) is 0 Å². The standard InChI is InChI=1S/C6H4FIS/c7-4-2-1-3-5(8)6(4)9/h1-3,9H. The van der Waals surface area contributed by atoms with Gasteiger partial charge in [-0.1, -0.05) is 6.07 Å². The van der Waals surface area contributed by atoms with Crippen molar-refractivity contribution in [2.24, 2.45) is 0 Å². The van der Waals surface area contributed by atoms with Crippen molar-refractivity contribution in [3.05, 3.63) is 27.6 Å². The molecule has 0 bridgehead atoms. The van der Waals surface area contributed by atoms with Crippen LogP contribution < -0.4 is 0 Å². The fourth-order valence-corrected chi connectivity index (χ4v) is 1.10. The van der Waals surface area contributed by atoms with Crippen LogP contribution >= 0.6 is 35.2 Å². The SMILES string of the molecule is Fc1cccc(I)c1S. The summed E-state index contributed by atoms with van der Waals surface area (Å²) in [4.78, 5) is 0.429. The summed E-state index contributed by atoms with van der Waals surface area (Å²) in [5, 5.41) is 0. The predicted molar refractivity (Wildman–Crippen MR) is 46.4 cm³/mol. The molecule has 0 saturated heterocycles. The summed E-state index contributed by atoms with van der Waals surface area (Å²) < 4.78 is 13.3. The maximum atomic E-state index is 12.5. The van der Waals surface area contributed by atoms with Crippen molar-refractivity contribution in [2.45, 2.75) is 4.90 Å². The predicted octanol–water partition coefficient (Wildman–Crippen LogP) is 2.72. The molecule has 0 heterocycles. The second-order valence-electron chi connectivity index (χ2n) is 1.57. The van der Waals surface area contributed by atoms with Crippen LogP contribution in [0.5, 0.6) is 0 Å². The van der Waals surface area contributed by atoms with Gasteiger partial charge in [-0.05, 0) is 34.7 Å². The van der Waals surface area contributed by atoms with Crippen LogP contribution in [-0.4, -0.2) is 0 Å². The van der Waals surface area contributed by atoms with E-state index in [1.54, 1.807) is 6.07 Å². The highest BCUT2D eigenvalue weighted by Crippen LogP contribution is 2.18. The third-order valence-corrected chi connectivity index (χ3v) is 2.72. The molecule has 48 valence electrons. The minimum atomic E-state index is -0.259. The number of rotatable bonds is 0. The summed E-state index contributed by atoms with van der Waals surface area (Å²) in [7, 11) is 0. The minimum absolute atomic E-state index is 0.259. The fraction of sp³-hybridized carbons (Fsp3) is 0. The normalized spacial score (nSPS) is 9.67. The molecule has 1 aromatic rings. The highest BCUT2D eigenvalue weighted by atomic mass is 127. The average molecular weight is 254 g/mol. The molecule has 9 heavy (non-hydrogen) atoms. The molecule has 1 rings (SSSR count). The fourth-order valence-electron chi connectivity index (χ4n) is 0.489. The molecule has 0 radical (unpaired) electrons. The molecule has 0 aliphatic carbocycles. The largest absolute Gasteiger partial charge is 0.206 e. The van der Waals surface area contributed by atoms with Gasteiger partial charge >= 0.3 is 0 Å². The number of halogens is 2. The van der Waals surface area contributed by atoms with Gasteiger partial charge in [-0.3, -0.25) is 0 Å². The van der Waals surface area contributed by atoms with Crippen molar-refractivity contribution in [3.63, 3.8) is 0 Å². The van der Waals surface area contributed by atoms with Gasteiger partial charge in [0.2, 0.25) is 0 Å². The Morgan fingerprint density at radius 1 is 1.44 bits per heavy atom. The van der Waals surface area contributed by atoms with Gasteiger partial charge in [-0.2, -0.15) is 0 Å². The first kappa shape index (κ1) is 7.34. The van der Waals surface area contributed by atoms with E-state index in [-0.39, 0.29) is 5.82 Å². The molecule has 0 amide bonds. The van der Waals surface area contributed by atoms with Gasteiger partial charge in [-0.15, -0.1) is 12.6 Å². The lowest BCUT2D eigenvalue weighted by molar-refractivity contribution is 0.600. The monoisotopic (exact) mass is 254 g/mol. The first-order valence-corrected chi connectivity index (χ1v) is 3.87. The summed E-state index contributed by atoms with van der Waals surface area (Å²) in [6, 6.07) is 4.87. The van der Waals surface area contributed by atoms with E-state index in [1.165, 1.54) is 6.07 Å². The third kappa shape index (κ3) is 1.58. The topological polar surface area (TPSA) is 0 Å². The number of thiol groups is 1. The van der Waals surface area contributed by atoms with Crippen LogP contribution in [0.4, 0.5) is 4.39 Å². The van der Waals surface area contributed by atoms with Crippen LogP contribution in [0.25, 0.3) is 0 Å². The van der Waals surface area contributed by atoms with Crippen molar-refractivity contribution in [1.29, 1.82) is 0 Å². The Hall–Kier alpha value is 0.230. The van der Waals surface area contributed by atoms with Crippen molar-refractivity contribution in [3.8, 4) is 0 Å². The van der Waals surface area contributed by atoms with E-state index in [4.69, 9.17) is 0 Å². The van der Waals surface area contributed by atoms with Crippen LogP contribution in [-0.2, 0) is 0 Å². The summed E-state index contributed by atoms with van der Waals surface area (Å²) in [5.41, 5.74) is 0. The molecule has 0 aliphatic heterocycles. The summed E-state index contributed by atoms with van der Waals surface area (Å²) >= 11 is 5.96. The Kier molecular flexibility index (Phi) is 2.35. The molecule has 0 fully saturated rings. The molecule has 0 nitrogen and oxygen atoms in total. The van der Waals surface area contributed by atoms with Crippen LogP contribution in [0.1, 0.15) is 0 Å². The van der Waals surface area contributed by atoms with Gasteiger partial charge in [0.15, 0.2) is 0 Å². The second kappa shape index (κ2) is 2.88. The van der Waals surface area contributed by atoms with Crippen molar-refractivity contribution < 1.29 is 4.39 Å². The number of benzene rings is 1. The number of hydrogen-bond donors (Lipinski definition) is 1. The molecule has 3 heteroatoms. The van der Waals surface area contributed by atoms with E-state index in [1.807, 2.05) is 28.7 Å². The molecular formula is C6H4FIS. The quantitative estimate of drug-likeness (QED) is 0.534. The van der Waals surface area contributed by atoms with E-state index in [2.05, 4.69) is 12.6 Å². The lowest BCUT2D eigenvalue weighted by atomic mass is 10.3. The molecule has 1 aromatic carbocycles. The maximum Gasteiger partial charge on any atom is 0.137 e. The highest BCUT2D eigenvalue weighted by Gasteiger charge is 1.98. The third-order valence-electron chi connectivity index (χ3n) is 0.938. The van der Waals surface area contributed by atoms with Gasteiger partial charge in [-0.25, -0.2) is 4.39 Å². The smallest absolute Gasteiger partial charge is 0.137 e. The molecule has 0 atom stereocenters. The Balaban J connectivity index is 3.25. The molecular weight excluding hydrogens is 250 g/mol. The first-order chi connectivity index (χ1) is 4.22. The van der Waals surface area contributed by atoms with Crippen LogP contribution in [0, 0.1) is 9.39 Å². The first-order valence-electron chi connectivity index (χ1n) is 2.35. The zero-order valence-electron chi connectivity index (χ0n) is 4.44. The van der Waals surface area contributed by atoms with Gasteiger partial charge in [0, 0.05) is 3.57 Å². The Bertz CT molecular complexity index is 204.